The number of unbranched alkanes of at least 4 members (excludes halogenated alkanes) is 1. The lowest BCUT2D eigenvalue weighted by molar-refractivity contribution is -0.143. The summed E-state index contributed by atoms with van der Waals surface area (Å²) in [6, 6.07) is 1.41. The zero-order chi connectivity index (χ0) is 23.9. The van der Waals surface area contributed by atoms with Gasteiger partial charge < -0.3 is 15.5 Å². The third kappa shape index (κ3) is 10.5. The van der Waals surface area contributed by atoms with Crippen LogP contribution in [0.2, 0.25) is 0 Å². The number of nitrogens with zero attached hydrogens (tertiary/aromatic N) is 1. The van der Waals surface area contributed by atoms with Gasteiger partial charge in [-0.3, -0.25) is 4.79 Å². The number of anilines is 1. The normalized spacial score (nSPS) is 16.2. The topological polar surface area (TPSA) is 44.4 Å². The maximum absolute atomic E-state index is 13.0. The van der Waals surface area contributed by atoms with Crippen molar-refractivity contribution in [2.24, 2.45) is 5.92 Å². The minimum Gasteiger partial charge on any atom is -0.382 e. The molecule has 1 amide bonds. The van der Waals surface area contributed by atoms with Gasteiger partial charge >= 0.3 is 12.4 Å². The summed E-state index contributed by atoms with van der Waals surface area (Å²) < 4.78 is 78.1. The molecule has 1 aliphatic heterocycles. The number of hydrogen-bond acceptors (Lipinski definition) is 3. The van der Waals surface area contributed by atoms with Crippen molar-refractivity contribution >= 4 is 36.4 Å². The summed E-state index contributed by atoms with van der Waals surface area (Å²) in [7, 11) is 0. The molecular weight excluding hydrogens is 507 g/mol. The van der Waals surface area contributed by atoms with Crippen molar-refractivity contribution in [1.82, 2.24) is 10.2 Å². The number of benzene rings is 1. The average molecular weight is 540 g/mol. The number of amides is 1. The van der Waals surface area contributed by atoms with Crippen LogP contribution in [-0.4, -0.2) is 43.0 Å². The molecule has 1 aromatic carbocycles. The Kier molecular flexibility index (Phi) is 13.7. The Morgan fingerprint density at radius 1 is 1.00 bits per heavy atom. The van der Waals surface area contributed by atoms with Gasteiger partial charge in [-0.15, -0.1) is 24.8 Å². The highest BCUT2D eigenvalue weighted by atomic mass is 35.5. The quantitative estimate of drug-likeness (QED) is 0.282. The van der Waals surface area contributed by atoms with Crippen molar-refractivity contribution in [2.75, 3.05) is 31.5 Å². The van der Waals surface area contributed by atoms with Crippen molar-refractivity contribution in [3.8, 4) is 0 Å². The second-order valence-corrected chi connectivity index (χ2v) is 8.36. The molecule has 12 heteroatoms. The van der Waals surface area contributed by atoms with E-state index in [-0.39, 0.29) is 54.4 Å². The first kappa shape index (κ1) is 32.6. The summed E-state index contributed by atoms with van der Waals surface area (Å²) in [5.41, 5.74) is -2.79. The van der Waals surface area contributed by atoms with Gasteiger partial charge in [-0.05, 0) is 56.8 Å². The van der Waals surface area contributed by atoms with Crippen molar-refractivity contribution in [1.29, 1.82) is 0 Å². The lowest BCUT2D eigenvalue weighted by Crippen LogP contribution is -2.39. The number of hydrogen-bond donors (Lipinski definition) is 2. The van der Waals surface area contributed by atoms with Crippen LogP contribution >= 0.6 is 24.8 Å². The summed E-state index contributed by atoms with van der Waals surface area (Å²) >= 11 is 0. The lowest BCUT2D eigenvalue weighted by Gasteiger charge is -2.33. The van der Waals surface area contributed by atoms with E-state index in [2.05, 4.69) is 15.5 Å². The third-order valence-electron chi connectivity index (χ3n) is 5.81. The SMILES string of the molecule is CCC(C)C(=O)NCCCCN1CCC(Nc2cc(C(F)(F)F)cc(C(F)(F)F)c2)CC1.Cl.Cl. The van der Waals surface area contributed by atoms with Gasteiger partial charge in [0.15, 0.2) is 0 Å². The van der Waals surface area contributed by atoms with Gasteiger partial charge in [0.25, 0.3) is 0 Å². The molecule has 2 N–H and O–H groups in total. The highest BCUT2D eigenvalue weighted by Gasteiger charge is 2.37. The van der Waals surface area contributed by atoms with E-state index in [1.54, 1.807) is 0 Å². The molecule has 1 heterocycles. The molecule has 0 saturated carbocycles. The molecule has 2 rings (SSSR count). The highest BCUT2D eigenvalue weighted by molar-refractivity contribution is 5.85. The van der Waals surface area contributed by atoms with Crippen LogP contribution in [0.1, 0.15) is 57.1 Å². The van der Waals surface area contributed by atoms with Gasteiger partial charge in [-0.25, -0.2) is 0 Å². The summed E-state index contributed by atoms with van der Waals surface area (Å²) in [4.78, 5) is 13.9. The molecule has 0 aromatic heterocycles. The predicted octanol–water partition coefficient (Wildman–Crippen LogP) is 6.39. The monoisotopic (exact) mass is 539 g/mol. The van der Waals surface area contributed by atoms with E-state index >= 15 is 0 Å². The largest absolute Gasteiger partial charge is 0.416 e. The molecule has 0 spiro atoms. The van der Waals surface area contributed by atoms with Crippen LogP contribution in [0.25, 0.3) is 0 Å². The number of piperidine rings is 1. The standard InChI is InChI=1S/C22H31F6N3O.2ClH/c1-3-15(2)20(32)29-8-4-5-9-31-10-6-18(7-11-31)30-19-13-16(21(23,24)25)12-17(14-19)22(26,27)28;;/h12-15,18,30H,3-11H2,1-2H3,(H,29,32);2*1H. The third-order valence-corrected chi connectivity index (χ3v) is 5.81. The predicted molar refractivity (Wildman–Crippen MR) is 126 cm³/mol. The van der Waals surface area contributed by atoms with Crippen LogP contribution in [0.4, 0.5) is 32.0 Å². The number of carbonyl (C=O) groups is 1. The van der Waals surface area contributed by atoms with Crippen LogP contribution in [0.15, 0.2) is 18.2 Å². The highest BCUT2D eigenvalue weighted by Crippen LogP contribution is 2.37. The van der Waals surface area contributed by atoms with Crippen LogP contribution in [0.3, 0.4) is 0 Å². The smallest absolute Gasteiger partial charge is 0.382 e. The molecular formula is C22H33Cl2F6N3O. The number of likely N-dealkylation sites (tertiary alicyclic amines) is 1. The Balaban J connectivity index is 0.00000544. The van der Waals surface area contributed by atoms with E-state index in [4.69, 9.17) is 0 Å². The zero-order valence-corrected chi connectivity index (χ0v) is 20.8. The molecule has 1 fully saturated rings. The lowest BCUT2D eigenvalue weighted by atomic mass is 10.0. The van der Waals surface area contributed by atoms with E-state index in [9.17, 15) is 31.1 Å². The molecule has 0 aliphatic carbocycles. The first-order valence-electron chi connectivity index (χ1n) is 11.0. The first-order valence-corrected chi connectivity index (χ1v) is 11.0. The second-order valence-electron chi connectivity index (χ2n) is 8.36. The first-order chi connectivity index (χ1) is 14.9. The van der Waals surface area contributed by atoms with Crippen LogP contribution in [0.5, 0.6) is 0 Å². The van der Waals surface area contributed by atoms with Crippen LogP contribution in [0, 0.1) is 5.92 Å². The number of rotatable bonds is 9. The van der Waals surface area contributed by atoms with Gasteiger partial charge in [0, 0.05) is 37.3 Å². The van der Waals surface area contributed by atoms with Gasteiger partial charge in [0.1, 0.15) is 0 Å². The second kappa shape index (κ2) is 14.2. The maximum atomic E-state index is 13.0. The molecule has 1 aromatic rings. The molecule has 1 saturated heterocycles. The van der Waals surface area contributed by atoms with E-state index in [0.717, 1.165) is 37.9 Å². The molecule has 4 nitrogen and oxygen atoms in total. The van der Waals surface area contributed by atoms with Crippen molar-refractivity contribution in [3.05, 3.63) is 29.3 Å². The summed E-state index contributed by atoms with van der Waals surface area (Å²) in [6.45, 7) is 6.73. The number of nitrogens with one attached hydrogen (secondary N) is 2. The average Bonchev–Trinajstić information content (AvgIpc) is 2.72. The fraction of sp³-hybridized carbons (Fsp3) is 0.682. The van der Waals surface area contributed by atoms with Gasteiger partial charge in [-0.1, -0.05) is 13.8 Å². The number of carbonyl (C=O) groups excluding carboxylic acids is 1. The van der Waals surface area contributed by atoms with Crippen molar-refractivity contribution in [2.45, 2.75) is 64.3 Å². The number of halogens is 8. The zero-order valence-electron chi connectivity index (χ0n) is 19.2. The van der Waals surface area contributed by atoms with Crippen LogP contribution < -0.4 is 10.6 Å². The molecule has 198 valence electrons. The van der Waals surface area contributed by atoms with E-state index in [0.29, 0.717) is 32.5 Å². The maximum Gasteiger partial charge on any atom is 0.416 e. The van der Waals surface area contributed by atoms with Gasteiger partial charge in [0.05, 0.1) is 11.1 Å². The molecule has 0 radical (unpaired) electrons. The van der Waals surface area contributed by atoms with E-state index in [1.165, 1.54) is 0 Å². The molecule has 1 unspecified atom stereocenters. The van der Waals surface area contributed by atoms with Gasteiger partial charge in [0.2, 0.25) is 5.91 Å². The fourth-order valence-electron chi connectivity index (χ4n) is 3.61. The number of alkyl halides is 6. The van der Waals surface area contributed by atoms with Crippen molar-refractivity contribution in [3.63, 3.8) is 0 Å². The van der Waals surface area contributed by atoms with E-state index in [1.807, 2.05) is 13.8 Å². The molecule has 0 bridgehead atoms. The van der Waals surface area contributed by atoms with Crippen LogP contribution in [-0.2, 0) is 17.1 Å². The summed E-state index contributed by atoms with van der Waals surface area (Å²) in [5, 5.41) is 5.77. The Labute approximate surface area is 209 Å². The van der Waals surface area contributed by atoms with Crippen molar-refractivity contribution < 1.29 is 31.1 Å². The molecule has 34 heavy (non-hydrogen) atoms. The van der Waals surface area contributed by atoms with E-state index < -0.39 is 23.5 Å². The molecule has 1 aliphatic rings. The minimum atomic E-state index is -4.85. The Bertz CT molecular complexity index is 721. The minimum absolute atomic E-state index is 0. The Morgan fingerprint density at radius 3 is 2.00 bits per heavy atom. The van der Waals surface area contributed by atoms with Gasteiger partial charge in [-0.2, -0.15) is 26.3 Å². The Morgan fingerprint density at radius 2 is 1.53 bits per heavy atom. The fourth-order valence-corrected chi connectivity index (χ4v) is 3.61. The summed E-state index contributed by atoms with van der Waals surface area (Å²) in [5.74, 6) is 0.0632. The molecule has 1 atom stereocenters. The Hall–Kier alpha value is -1.39. The summed E-state index contributed by atoms with van der Waals surface area (Å²) in [6.07, 6.45) is -5.89.